The van der Waals surface area contributed by atoms with E-state index in [1.807, 2.05) is 31.2 Å². The lowest BCUT2D eigenvalue weighted by Gasteiger charge is -2.26. The second-order valence-corrected chi connectivity index (χ2v) is 8.64. The molecule has 2 amide bonds. The third-order valence-corrected chi connectivity index (χ3v) is 4.84. The van der Waals surface area contributed by atoms with Crippen molar-refractivity contribution in [1.82, 2.24) is 4.98 Å². The average molecular weight is 433 g/mol. The van der Waals surface area contributed by atoms with E-state index in [-0.39, 0.29) is 5.91 Å². The van der Waals surface area contributed by atoms with Crippen molar-refractivity contribution in [3.8, 4) is 0 Å². The topological polar surface area (TPSA) is 106 Å². The molecule has 32 heavy (non-hydrogen) atoms. The fourth-order valence-electron chi connectivity index (χ4n) is 3.14. The van der Waals surface area contributed by atoms with Crippen LogP contribution in [-0.4, -0.2) is 22.6 Å². The number of rotatable bonds is 5. The number of anilines is 2. The van der Waals surface area contributed by atoms with Crippen molar-refractivity contribution in [2.75, 3.05) is 10.6 Å². The fraction of sp³-hybridized carbons (Fsp3) is 0.240. The van der Waals surface area contributed by atoms with Crippen LogP contribution in [0.3, 0.4) is 0 Å². The summed E-state index contributed by atoms with van der Waals surface area (Å²) in [6.45, 7) is 7.26. The molecule has 0 radical (unpaired) electrons. The molecule has 0 aliphatic rings. The first-order valence-electron chi connectivity index (χ1n) is 10.3. The first-order chi connectivity index (χ1) is 15.1. The average Bonchev–Trinajstić information content (AvgIpc) is 2.74. The van der Waals surface area contributed by atoms with E-state index in [4.69, 9.17) is 10.5 Å². The highest BCUT2D eigenvalue weighted by molar-refractivity contribution is 6.06. The Kier molecular flexibility index (Phi) is 6.60. The molecule has 0 aliphatic carbocycles. The van der Waals surface area contributed by atoms with Gasteiger partial charge in [-0.05, 0) is 75.2 Å². The number of nitrogens with zero attached hydrogens (tertiary/aromatic N) is 1. The molecule has 1 heterocycles. The summed E-state index contributed by atoms with van der Waals surface area (Å²) >= 11 is 0. The summed E-state index contributed by atoms with van der Waals surface area (Å²) < 4.78 is 5.29. The minimum atomic E-state index is -0.720. The summed E-state index contributed by atoms with van der Waals surface area (Å²) in [4.78, 5) is 29.0. The van der Waals surface area contributed by atoms with E-state index in [0.717, 1.165) is 11.1 Å². The van der Waals surface area contributed by atoms with Crippen LogP contribution in [0.5, 0.6) is 0 Å². The quantitative estimate of drug-likeness (QED) is 0.531. The van der Waals surface area contributed by atoms with Gasteiger partial charge in [0.15, 0.2) is 0 Å². The first kappa shape index (κ1) is 23.0. The lowest BCUT2D eigenvalue weighted by Crippen LogP contribution is -2.34. The molecular formula is C25H28N4O3. The monoisotopic (exact) mass is 432 g/mol. The molecule has 1 aromatic heterocycles. The number of benzene rings is 2. The number of hydrogen-bond acceptors (Lipinski definition) is 5. The maximum Gasteiger partial charge on any atom is 0.412 e. The summed E-state index contributed by atoms with van der Waals surface area (Å²) in [6.07, 6.45) is 2.80. The van der Waals surface area contributed by atoms with Gasteiger partial charge >= 0.3 is 6.09 Å². The van der Waals surface area contributed by atoms with Gasteiger partial charge in [0.1, 0.15) is 5.60 Å². The molecule has 7 heteroatoms. The van der Waals surface area contributed by atoms with Crippen LogP contribution >= 0.6 is 0 Å². The van der Waals surface area contributed by atoms with Crippen molar-refractivity contribution in [2.24, 2.45) is 5.73 Å². The van der Waals surface area contributed by atoms with Gasteiger partial charge in [-0.2, -0.15) is 0 Å². The Morgan fingerprint density at radius 1 is 0.812 bits per heavy atom. The molecule has 7 nitrogen and oxygen atoms in total. The summed E-state index contributed by atoms with van der Waals surface area (Å²) in [6, 6.07) is 17.8. The Bertz CT molecular complexity index is 1090. The summed E-state index contributed by atoms with van der Waals surface area (Å²) in [5.74, 6) is -0.308. The van der Waals surface area contributed by atoms with E-state index in [1.165, 1.54) is 0 Å². The molecule has 0 aliphatic heterocycles. The van der Waals surface area contributed by atoms with Crippen molar-refractivity contribution in [3.05, 3.63) is 89.7 Å². The second-order valence-electron chi connectivity index (χ2n) is 8.64. The molecule has 1 atom stereocenters. The van der Waals surface area contributed by atoms with Crippen molar-refractivity contribution in [2.45, 2.75) is 38.8 Å². The molecular weight excluding hydrogens is 404 g/mol. The minimum Gasteiger partial charge on any atom is -0.444 e. The van der Waals surface area contributed by atoms with Crippen molar-refractivity contribution in [1.29, 1.82) is 0 Å². The van der Waals surface area contributed by atoms with Gasteiger partial charge in [0.05, 0.1) is 16.9 Å². The van der Waals surface area contributed by atoms with Crippen molar-refractivity contribution in [3.63, 3.8) is 0 Å². The van der Waals surface area contributed by atoms with Gasteiger partial charge in [0.25, 0.3) is 5.91 Å². The first-order valence-corrected chi connectivity index (χ1v) is 10.3. The lowest BCUT2D eigenvalue weighted by molar-refractivity contribution is 0.0635. The zero-order valence-corrected chi connectivity index (χ0v) is 18.7. The standard InChI is InChI=1S/C25H28N4O3/c1-24(2,3)32-23(31)29-21-8-6-5-7-20(21)28-22(30)17-9-11-18(12-10-17)25(4,26)19-13-15-27-16-14-19/h5-16H,26H2,1-4H3,(H,28,30)(H,29,31). The van der Waals surface area contributed by atoms with E-state index in [2.05, 4.69) is 15.6 Å². The number of nitrogens with one attached hydrogen (secondary N) is 2. The largest absolute Gasteiger partial charge is 0.444 e. The zero-order chi connectivity index (χ0) is 23.4. The number of hydrogen-bond donors (Lipinski definition) is 3. The van der Waals surface area contributed by atoms with Crippen molar-refractivity contribution >= 4 is 23.4 Å². The Morgan fingerprint density at radius 3 is 1.91 bits per heavy atom. The van der Waals surface area contributed by atoms with Crippen LogP contribution in [0, 0.1) is 0 Å². The smallest absolute Gasteiger partial charge is 0.412 e. The lowest BCUT2D eigenvalue weighted by atomic mass is 9.86. The normalized spacial score (nSPS) is 13.0. The SMILES string of the molecule is CC(C)(C)OC(=O)Nc1ccccc1NC(=O)c1ccc(C(C)(N)c2ccncc2)cc1. The third kappa shape index (κ3) is 5.70. The van der Waals surface area contributed by atoms with E-state index in [1.54, 1.807) is 69.6 Å². The van der Waals surface area contributed by atoms with Crippen LogP contribution in [0.25, 0.3) is 0 Å². The number of pyridine rings is 1. The van der Waals surface area contributed by atoms with Gasteiger partial charge in [-0.3, -0.25) is 15.1 Å². The molecule has 0 bridgehead atoms. The van der Waals surface area contributed by atoms with E-state index < -0.39 is 17.2 Å². The predicted molar refractivity (Wildman–Crippen MR) is 126 cm³/mol. The van der Waals surface area contributed by atoms with Crippen LogP contribution < -0.4 is 16.4 Å². The maximum atomic E-state index is 12.8. The highest BCUT2D eigenvalue weighted by Crippen LogP contribution is 2.27. The minimum absolute atomic E-state index is 0.308. The number of carbonyl (C=O) groups excluding carboxylic acids is 2. The number of aromatic nitrogens is 1. The van der Waals surface area contributed by atoms with Crippen LogP contribution in [0.15, 0.2) is 73.1 Å². The van der Waals surface area contributed by atoms with Gasteiger partial charge in [0.2, 0.25) is 0 Å². The Labute approximate surface area is 188 Å². The third-order valence-electron chi connectivity index (χ3n) is 4.84. The molecule has 1 unspecified atom stereocenters. The van der Waals surface area contributed by atoms with Crippen LogP contribution in [0.4, 0.5) is 16.2 Å². The number of amides is 2. The zero-order valence-electron chi connectivity index (χ0n) is 18.7. The van der Waals surface area contributed by atoms with Gasteiger partial charge < -0.3 is 15.8 Å². The van der Waals surface area contributed by atoms with Gasteiger partial charge in [-0.15, -0.1) is 0 Å². The Balaban J connectivity index is 1.74. The molecule has 0 saturated heterocycles. The van der Waals surface area contributed by atoms with E-state index in [9.17, 15) is 9.59 Å². The van der Waals surface area contributed by atoms with E-state index >= 15 is 0 Å². The number of nitrogens with two attached hydrogens (primary N) is 1. The molecule has 3 rings (SSSR count). The summed E-state index contributed by atoms with van der Waals surface area (Å²) in [7, 11) is 0. The van der Waals surface area contributed by atoms with E-state index in [0.29, 0.717) is 16.9 Å². The van der Waals surface area contributed by atoms with Gasteiger partial charge in [-0.25, -0.2) is 4.79 Å². The van der Waals surface area contributed by atoms with Gasteiger partial charge in [0, 0.05) is 18.0 Å². The molecule has 2 aromatic carbocycles. The summed E-state index contributed by atoms with van der Waals surface area (Å²) in [5.41, 5.74) is 8.36. The molecule has 166 valence electrons. The maximum absolute atomic E-state index is 12.8. The highest BCUT2D eigenvalue weighted by atomic mass is 16.6. The Hall–Kier alpha value is -3.71. The fourth-order valence-corrected chi connectivity index (χ4v) is 3.14. The molecule has 0 spiro atoms. The highest BCUT2D eigenvalue weighted by Gasteiger charge is 2.24. The number of carbonyl (C=O) groups is 2. The summed E-state index contributed by atoms with van der Waals surface area (Å²) in [5, 5.41) is 5.51. The number of para-hydroxylation sites is 2. The van der Waals surface area contributed by atoms with Gasteiger partial charge in [-0.1, -0.05) is 24.3 Å². The van der Waals surface area contributed by atoms with Crippen LogP contribution in [-0.2, 0) is 10.3 Å². The van der Waals surface area contributed by atoms with Crippen LogP contribution in [0.1, 0.15) is 49.2 Å². The molecule has 4 N–H and O–H groups in total. The molecule has 0 saturated carbocycles. The number of ether oxygens (including phenoxy) is 1. The second kappa shape index (κ2) is 9.20. The molecule has 0 fully saturated rings. The predicted octanol–water partition coefficient (Wildman–Crippen LogP) is 4.90. The van der Waals surface area contributed by atoms with Crippen molar-refractivity contribution < 1.29 is 14.3 Å². The molecule has 3 aromatic rings. The Morgan fingerprint density at radius 2 is 1.34 bits per heavy atom. The van der Waals surface area contributed by atoms with Crippen LogP contribution in [0.2, 0.25) is 0 Å².